The van der Waals surface area contributed by atoms with Gasteiger partial charge in [0.1, 0.15) is 30.5 Å². The van der Waals surface area contributed by atoms with Crippen molar-refractivity contribution in [1.29, 1.82) is 0 Å². The average Bonchev–Trinajstić information content (AvgIpc) is 2.49. The zero-order chi connectivity index (χ0) is 16.6. The lowest BCUT2D eigenvalue weighted by Gasteiger charge is -2.45. The predicted octanol–water partition coefficient (Wildman–Crippen LogP) is -5.12. The van der Waals surface area contributed by atoms with E-state index in [1.54, 1.807) is 0 Å². The molecular formula is C12H26N4O6. The maximum Gasteiger partial charge on any atom is 0.176 e. The van der Waals surface area contributed by atoms with Gasteiger partial charge in [-0.05, 0) is 6.42 Å². The summed E-state index contributed by atoms with van der Waals surface area (Å²) in [4.78, 5) is 0. The molecule has 0 amide bonds. The third-order valence-electron chi connectivity index (χ3n) is 4.36. The smallest absolute Gasteiger partial charge is 0.176 e. The number of ether oxygens (including phenoxy) is 2. The van der Waals surface area contributed by atoms with Crippen LogP contribution in [0, 0.1) is 0 Å². The topological polar surface area (TPSA) is 203 Å². The van der Waals surface area contributed by atoms with Gasteiger partial charge in [0, 0.05) is 18.6 Å². The lowest BCUT2D eigenvalue weighted by Crippen LogP contribution is -2.67. The van der Waals surface area contributed by atoms with Crippen LogP contribution in [-0.4, -0.2) is 88.0 Å². The fourth-order valence-electron chi connectivity index (χ4n) is 2.89. The van der Waals surface area contributed by atoms with Crippen molar-refractivity contribution in [2.24, 2.45) is 22.9 Å². The molecule has 1 saturated heterocycles. The van der Waals surface area contributed by atoms with Gasteiger partial charge in [-0.3, -0.25) is 0 Å². The first-order chi connectivity index (χ1) is 10.3. The van der Waals surface area contributed by atoms with Crippen molar-refractivity contribution in [2.75, 3.05) is 6.54 Å². The molecule has 1 aliphatic heterocycles. The number of aliphatic hydroxyl groups is 4. The third-order valence-corrected chi connectivity index (χ3v) is 4.36. The van der Waals surface area contributed by atoms with Crippen molar-refractivity contribution in [3.63, 3.8) is 0 Å². The Morgan fingerprint density at radius 3 is 2.14 bits per heavy atom. The Morgan fingerprint density at radius 1 is 0.909 bits per heavy atom. The minimum atomic E-state index is -1.31. The number of aliphatic hydroxyl groups excluding tert-OH is 4. The van der Waals surface area contributed by atoms with E-state index in [0.29, 0.717) is 0 Å². The quantitative estimate of drug-likeness (QED) is 0.248. The van der Waals surface area contributed by atoms with Gasteiger partial charge in [-0.1, -0.05) is 0 Å². The molecule has 0 aromatic heterocycles. The molecule has 10 atom stereocenters. The zero-order valence-electron chi connectivity index (χ0n) is 12.1. The molecule has 22 heavy (non-hydrogen) atoms. The lowest BCUT2D eigenvalue weighted by atomic mass is 9.84. The Kier molecular flexibility index (Phi) is 5.72. The highest BCUT2D eigenvalue weighted by Crippen LogP contribution is 2.26. The van der Waals surface area contributed by atoms with Crippen LogP contribution in [0.2, 0.25) is 0 Å². The summed E-state index contributed by atoms with van der Waals surface area (Å²) in [7, 11) is 0. The Morgan fingerprint density at radius 2 is 1.55 bits per heavy atom. The normalized spacial score (nSPS) is 53.5. The Hall–Kier alpha value is -0.400. The molecule has 10 nitrogen and oxygen atoms in total. The molecule has 1 aliphatic carbocycles. The van der Waals surface area contributed by atoms with Crippen LogP contribution in [0.25, 0.3) is 0 Å². The summed E-state index contributed by atoms with van der Waals surface area (Å²) in [6, 6.07) is -2.34. The number of hydrogen-bond acceptors (Lipinski definition) is 10. The maximum absolute atomic E-state index is 10.1. The van der Waals surface area contributed by atoms with E-state index < -0.39 is 61.0 Å². The number of rotatable bonds is 3. The highest BCUT2D eigenvalue weighted by atomic mass is 16.7. The van der Waals surface area contributed by atoms with Gasteiger partial charge in [0.05, 0.1) is 12.1 Å². The van der Waals surface area contributed by atoms with Crippen LogP contribution in [0.4, 0.5) is 0 Å². The molecule has 0 aromatic carbocycles. The second kappa shape index (κ2) is 7.01. The first-order valence-corrected chi connectivity index (χ1v) is 7.28. The summed E-state index contributed by atoms with van der Waals surface area (Å²) in [6.07, 6.45) is -7.73. The average molecular weight is 322 g/mol. The highest BCUT2D eigenvalue weighted by molar-refractivity contribution is 4.99. The highest BCUT2D eigenvalue weighted by Gasteiger charge is 2.47. The third kappa shape index (κ3) is 3.26. The molecule has 1 saturated carbocycles. The van der Waals surface area contributed by atoms with Crippen molar-refractivity contribution in [1.82, 2.24) is 0 Å². The first kappa shape index (κ1) is 17.9. The fourth-order valence-corrected chi connectivity index (χ4v) is 2.89. The van der Waals surface area contributed by atoms with Gasteiger partial charge in [-0.25, -0.2) is 0 Å². The molecule has 0 unspecified atom stereocenters. The van der Waals surface area contributed by atoms with E-state index in [-0.39, 0.29) is 13.0 Å². The van der Waals surface area contributed by atoms with Gasteiger partial charge >= 0.3 is 0 Å². The predicted molar refractivity (Wildman–Crippen MR) is 75.2 cm³/mol. The van der Waals surface area contributed by atoms with Crippen LogP contribution < -0.4 is 22.9 Å². The van der Waals surface area contributed by atoms with Gasteiger partial charge in [-0.2, -0.15) is 0 Å². The van der Waals surface area contributed by atoms with E-state index >= 15 is 0 Å². The van der Waals surface area contributed by atoms with Crippen LogP contribution in [0.15, 0.2) is 0 Å². The standard InChI is InChI=1S/C12H26N4O6/c13-2-5-8(18)9(19)6(16)12(21-5)22-11-4(15)1-3(14)7(17)10(11)20/h3-12,17-20H,1-2,13-16H2/t3-,4+,5-,6+,7-,8-,9-,10-,11+,12+/m0/s1. The summed E-state index contributed by atoms with van der Waals surface area (Å²) in [5.41, 5.74) is 22.8. The summed E-state index contributed by atoms with van der Waals surface area (Å²) < 4.78 is 11.0. The molecule has 0 bridgehead atoms. The summed E-state index contributed by atoms with van der Waals surface area (Å²) in [5.74, 6) is 0. The summed E-state index contributed by atoms with van der Waals surface area (Å²) >= 11 is 0. The van der Waals surface area contributed by atoms with Gasteiger partial charge < -0.3 is 52.8 Å². The molecule has 10 heteroatoms. The van der Waals surface area contributed by atoms with Crippen molar-refractivity contribution >= 4 is 0 Å². The van der Waals surface area contributed by atoms with E-state index in [1.807, 2.05) is 0 Å². The lowest BCUT2D eigenvalue weighted by molar-refractivity contribution is -0.287. The maximum atomic E-state index is 10.1. The van der Waals surface area contributed by atoms with Gasteiger partial charge in [0.2, 0.25) is 0 Å². The van der Waals surface area contributed by atoms with E-state index in [4.69, 9.17) is 32.4 Å². The van der Waals surface area contributed by atoms with Gasteiger partial charge in [0.15, 0.2) is 6.29 Å². The minimum Gasteiger partial charge on any atom is -0.389 e. The van der Waals surface area contributed by atoms with Crippen LogP contribution in [0.3, 0.4) is 0 Å². The molecule has 0 spiro atoms. The number of nitrogens with two attached hydrogens (primary N) is 4. The van der Waals surface area contributed by atoms with Crippen molar-refractivity contribution < 1.29 is 29.9 Å². The van der Waals surface area contributed by atoms with Crippen LogP contribution in [0.5, 0.6) is 0 Å². The number of hydrogen-bond donors (Lipinski definition) is 8. The fraction of sp³-hybridized carbons (Fsp3) is 1.00. The second-order valence-electron chi connectivity index (χ2n) is 5.98. The van der Waals surface area contributed by atoms with Crippen LogP contribution in [-0.2, 0) is 9.47 Å². The molecule has 2 rings (SSSR count). The molecule has 2 aliphatic rings. The molecule has 130 valence electrons. The largest absolute Gasteiger partial charge is 0.389 e. The van der Waals surface area contributed by atoms with E-state index in [9.17, 15) is 20.4 Å². The Bertz CT molecular complexity index is 376. The second-order valence-corrected chi connectivity index (χ2v) is 5.98. The molecule has 12 N–H and O–H groups in total. The molecule has 0 aromatic rings. The van der Waals surface area contributed by atoms with Crippen molar-refractivity contribution in [2.45, 2.75) is 67.5 Å². The van der Waals surface area contributed by atoms with Crippen molar-refractivity contribution in [3.05, 3.63) is 0 Å². The van der Waals surface area contributed by atoms with Crippen LogP contribution >= 0.6 is 0 Å². The molecule has 2 fully saturated rings. The first-order valence-electron chi connectivity index (χ1n) is 7.28. The van der Waals surface area contributed by atoms with Crippen LogP contribution in [0.1, 0.15) is 6.42 Å². The Labute approximate surface area is 128 Å². The SMILES string of the molecule is NC[C@@H]1O[C@H](O[C@H]2[C@@H](O)[C@@H](O)[C@@H](N)C[C@H]2N)[C@H](N)[C@H](O)[C@H]1O. The minimum absolute atomic E-state index is 0.0441. The van der Waals surface area contributed by atoms with E-state index in [0.717, 1.165) is 0 Å². The van der Waals surface area contributed by atoms with E-state index in [1.165, 1.54) is 0 Å². The zero-order valence-corrected chi connectivity index (χ0v) is 12.1. The summed E-state index contributed by atoms with van der Waals surface area (Å²) in [5, 5.41) is 39.6. The molecule has 1 heterocycles. The Balaban J connectivity index is 2.08. The monoisotopic (exact) mass is 322 g/mol. The van der Waals surface area contributed by atoms with Crippen molar-refractivity contribution in [3.8, 4) is 0 Å². The van der Waals surface area contributed by atoms with Gasteiger partial charge in [0.25, 0.3) is 0 Å². The van der Waals surface area contributed by atoms with E-state index in [2.05, 4.69) is 0 Å². The molecular weight excluding hydrogens is 296 g/mol. The molecule has 0 radical (unpaired) electrons. The van der Waals surface area contributed by atoms with Gasteiger partial charge in [-0.15, -0.1) is 0 Å². The summed E-state index contributed by atoms with van der Waals surface area (Å²) in [6.45, 7) is -0.0441.